The summed E-state index contributed by atoms with van der Waals surface area (Å²) >= 11 is 3.41. The van der Waals surface area contributed by atoms with Gasteiger partial charge in [0.25, 0.3) is 5.91 Å². The van der Waals surface area contributed by atoms with Gasteiger partial charge in [0.15, 0.2) is 0 Å². The zero-order chi connectivity index (χ0) is 19.1. The molecule has 1 heterocycles. The molecule has 0 atom stereocenters. The number of benzene rings is 1. The Labute approximate surface area is 162 Å². The number of hydrogen-bond acceptors (Lipinski definition) is 4. The highest BCUT2D eigenvalue weighted by atomic mass is 79.9. The highest BCUT2D eigenvalue weighted by Crippen LogP contribution is 2.45. The fraction of sp³-hybridized carbons (Fsp3) is 0.579. The van der Waals surface area contributed by atoms with E-state index in [1.807, 2.05) is 31.7 Å². The van der Waals surface area contributed by atoms with Crippen molar-refractivity contribution in [1.82, 2.24) is 9.80 Å². The van der Waals surface area contributed by atoms with E-state index >= 15 is 0 Å². The van der Waals surface area contributed by atoms with Crippen LogP contribution in [0.2, 0.25) is 0 Å². The molecule has 1 aliphatic heterocycles. The number of rotatable bonds is 2. The van der Waals surface area contributed by atoms with Crippen molar-refractivity contribution in [3.05, 3.63) is 28.2 Å². The number of carbonyl (C=O) groups is 2. The number of carbonyl (C=O) groups excluding carboxylic acids is 2. The minimum atomic E-state index is -0.519. The Hall–Kier alpha value is -1.76. The van der Waals surface area contributed by atoms with Crippen LogP contribution in [0.25, 0.3) is 0 Å². The fourth-order valence-electron chi connectivity index (χ4n) is 3.30. The molecule has 6 nitrogen and oxygen atoms in total. The Morgan fingerprint density at radius 3 is 2.46 bits per heavy atom. The lowest BCUT2D eigenvalue weighted by Gasteiger charge is -2.42. The van der Waals surface area contributed by atoms with Gasteiger partial charge < -0.3 is 19.3 Å². The summed E-state index contributed by atoms with van der Waals surface area (Å²) in [5, 5.41) is 0. The first-order valence-corrected chi connectivity index (χ1v) is 9.58. The van der Waals surface area contributed by atoms with Crippen molar-refractivity contribution in [3.63, 3.8) is 0 Å². The van der Waals surface area contributed by atoms with Gasteiger partial charge in [0.2, 0.25) is 0 Å². The van der Waals surface area contributed by atoms with E-state index in [4.69, 9.17) is 9.47 Å². The van der Waals surface area contributed by atoms with Gasteiger partial charge >= 0.3 is 6.09 Å². The van der Waals surface area contributed by atoms with Gasteiger partial charge in [-0.25, -0.2) is 4.79 Å². The molecule has 1 aromatic carbocycles. The van der Waals surface area contributed by atoms with Crippen molar-refractivity contribution in [2.45, 2.75) is 44.8 Å². The minimum Gasteiger partial charge on any atom is -0.496 e. The quantitative estimate of drug-likeness (QED) is 0.726. The maximum Gasteiger partial charge on any atom is 0.410 e. The third-order valence-electron chi connectivity index (χ3n) is 4.77. The molecule has 1 aliphatic carbocycles. The first-order chi connectivity index (χ1) is 12.1. The SMILES string of the molecule is COc1cc(C(=O)N2CCN(C(=O)OC(C)(C)C)CC23CC3)ccc1Br. The van der Waals surface area contributed by atoms with E-state index < -0.39 is 5.60 Å². The van der Waals surface area contributed by atoms with Crippen LogP contribution in [0.4, 0.5) is 4.79 Å². The van der Waals surface area contributed by atoms with E-state index in [2.05, 4.69) is 15.9 Å². The highest BCUT2D eigenvalue weighted by molar-refractivity contribution is 9.10. The Balaban J connectivity index is 1.73. The first-order valence-electron chi connectivity index (χ1n) is 8.79. The van der Waals surface area contributed by atoms with Crippen molar-refractivity contribution >= 4 is 27.9 Å². The number of hydrogen-bond donors (Lipinski definition) is 0. The molecule has 0 bridgehead atoms. The number of ether oxygens (including phenoxy) is 2. The number of nitrogens with zero attached hydrogens (tertiary/aromatic N) is 2. The second kappa shape index (κ2) is 6.76. The molecule has 1 saturated heterocycles. The molecule has 2 aliphatic rings. The molecule has 1 aromatic rings. The van der Waals surface area contributed by atoms with Crippen molar-refractivity contribution in [3.8, 4) is 5.75 Å². The topological polar surface area (TPSA) is 59.1 Å². The van der Waals surface area contributed by atoms with E-state index in [1.54, 1.807) is 24.1 Å². The maximum absolute atomic E-state index is 13.1. The normalized spacial score (nSPS) is 18.7. The minimum absolute atomic E-state index is 0.0165. The summed E-state index contributed by atoms with van der Waals surface area (Å²) in [4.78, 5) is 29.1. The van der Waals surface area contributed by atoms with Gasteiger partial charge in [0.1, 0.15) is 11.4 Å². The average Bonchev–Trinajstić information content (AvgIpc) is 3.32. The lowest BCUT2D eigenvalue weighted by molar-refractivity contribution is 0.000632. The average molecular weight is 425 g/mol. The molecule has 0 radical (unpaired) electrons. The van der Waals surface area contributed by atoms with Crippen LogP contribution in [0.5, 0.6) is 5.75 Å². The van der Waals surface area contributed by atoms with Crippen molar-refractivity contribution in [2.75, 3.05) is 26.7 Å². The van der Waals surface area contributed by atoms with Crippen LogP contribution in [-0.2, 0) is 4.74 Å². The molecule has 1 saturated carbocycles. The molecule has 0 aromatic heterocycles. The van der Waals surface area contributed by atoms with Crippen LogP contribution in [-0.4, -0.2) is 59.7 Å². The molecular formula is C19H25BrN2O4. The molecule has 1 spiro atoms. The number of amides is 2. The first kappa shape index (κ1) is 19.0. The lowest BCUT2D eigenvalue weighted by atomic mass is 10.1. The molecule has 0 N–H and O–H groups in total. The monoisotopic (exact) mass is 424 g/mol. The molecule has 26 heavy (non-hydrogen) atoms. The van der Waals surface area contributed by atoms with Crippen molar-refractivity contribution in [2.24, 2.45) is 0 Å². The van der Waals surface area contributed by atoms with Gasteiger partial charge in [0.05, 0.1) is 17.1 Å². The number of methoxy groups -OCH3 is 1. The van der Waals surface area contributed by atoms with Crippen LogP contribution in [0.15, 0.2) is 22.7 Å². The van der Waals surface area contributed by atoms with Gasteiger partial charge in [-0.15, -0.1) is 0 Å². The second-order valence-corrected chi connectivity index (χ2v) is 8.79. The van der Waals surface area contributed by atoms with E-state index in [9.17, 15) is 9.59 Å². The predicted octanol–water partition coefficient (Wildman–Crippen LogP) is 3.68. The van der Waals surface area contributed by atoms with Crippen LogP contribution >= 0.6 is 15.9 Å². The van der Waals surface area contributed by atoms with Gasteiger partial charge in [-0.05, 0) is 67.7 Å². The summed E-state index contributed by atoms with van der Waals surface area (Å²) in [5.41, 5.74) is -0.177. The smallest absolute Gasteiger partial charge is 0.410 e. The largest absolute Gasteiger partial charge is 0.496 e. The number of halogens is 1. The Morgan fingerprint density at radius 1 is 1.19 bits per heavy atom. The van der Waals surface area contributed by atoms with E-state index in [-0.39, 0.29) is 17.5 Å². The summed E-state index contributed by atoms with van der Waals surface area (Å²) < 4.78 is 11.6. The summed E-state index contributed by atoms with van der Waals surface area (Å²) in [6.07, 6.45) is 1.51. The summed E-state index contributed by atoms with van der Waals surface area (Å²) in [7, 11) is 1.58. The predicted molar refractivity (Wildman–Crippen MR) is 102 cm³/mol. The van der Waals surface area contributed by atoms with Crippen LogP contribution in [0.3, 0.4) is 0 Å². The Bertz CT molecular complexity index is 725. The molecular weight excluding hydrogens is 400 g/mol. The Morgan fingerprint density at radius 2 is 1.88 bits per heavy atom. The van der Waals surface area contributed by atoms with Gasteiger partial charge in [-0.3, -0.25) is 4.79 Å². The third-order valence-corrected chi connectivity index (χ3v) is 5.43. The fourth-order valence-corrected chi connectivity index (χ4v) is 3.71. The summed E-state index contributed by atoms with van der Waals surface area (Å²) in [6, 6.07) is 5.37. The van der Waals surface area contributed by atoms with Crippen LogP contribution in [0.1, 0.15) is 44.0 Å². The van der Waals surface area contributed by atoms with Gasteiger partial charge in [-0.2, -0.15) is 0 Å². The van der Waals surface area contributed by atoms with Gasteiger partial charge in [-0.1, -0.05) is 0 Å². The van der Waals surface area contributed by atoms with Gasteiger partial charge in [0, 0.05) is 25.2 Å². The standard InChI is InChI=1S/C19H25BrN2O4/c1-18(2,3)26-17(24)21-9-10-22(19(12-21)7-8-19)16(23)13-5-6-14(20)15(11-13)25-4/h5-6,11H,7-10,12H2,1-4H3. The zero-order valence-electron chi connectivity index (χ0n) is 15.7. The summed E-state index contributed by atoms with van der Waals surface area (Å²) in [6.45, 7) is 7.10. The summed E-state index contributed by atoms with van der Waals surface area (Å²) in [5.74, 6) is 0.616. The van der Waals surface area contributed by atoms with E-state index in [1.165, 1.54) is 0 Å². The highest BCUT2D eigenvalue weighted by Gasteiger charge is 2.54. The van der Waals surface area contributed by atoms with Crippen LogP contribution < -0.4 is 4.74 Å². The van der Waals surface area contributed by atoms with E-state index in [0.29, 0.717) is 30.9 Å². The van der Waals surface area contributed by atoms with Crippen molar-refractivity contribution in [1.29, 1.82) is 0 Å². The Kier molecular flexibility index (Phi) is 4.94. The lowest BCUT2D eigenvalue weighted by Crippen LogP contribution is -2.58. The van der Waals surface area contributed by atoms with E-state index in [0.717, 1.165) is 17.3 Å². The van der Waals surface area contributed by atoms with Crippen molar-refractivity contribution < 1.29 is 19.1 Å². The third kappa shape index (κ3) is 3.82. The molecule has 0 unspecified atom stereocenters. The molecule has 2 fully saturated rings. The number of piperazine rings is 1. The molecule has 142 valence electrons. The molecule has 2 amide bonds. The van der Waals surface area contributed by atoms with Crippen LogP contribution in [0, 0.1) is 0 Å². The maximum atomic E-state index is 13.1. The zero-order valence-corrected chi connectivity index (χ0v) is 17.3. The molecule has 3 rings (SSSR count). The second-order valence-electron chi connectivity index (χ2n) is 7.93. The molecule has 7 heteroatoms.